The highest BCUT2D eigenvalue weighted by molar-refractivity contribution is 7.17. The van der Waals surface area contributed by atoms with E-state index in [0.717, 1.165) is 27.9 Å². The number of hydrogen-bond acceptors (Lipinski definition) is 11. The van der Waals surface area contributed by atoms with Gasteiger partial charge in [0, 0.05) is 24.6 Å². The number of anilines is 4. The first kappa shape index (κ1) is 30.7. The number of rotatable bonds is 8. The van der Waals surface area contributed by atoms with E-state index in [4.69, 9.17) is 11.6 Å². The number of nitrogens with one attached hydrogen (secondary N) is 4. The Kier molecular flexibility index (Phi) is 8.19. The van der Waals surface area contributed by atoms with Crippen molar-refractivity contribution in [2.75, 3.05) is 16.0 Å². The maximum absolute atomic E-state index is 15.1. The number of para-hydroxylation sites is 1. The molecule has 1 saturated heterocycles. The van der Waals surface area contributed by atoms with E-state index in [9.17, 15) is 24.0 Å². The van der Waals surface area contributed by atoms with Gasteiger partial charge >= 0.3 is 0 Å². The van der Waals surface area contributed by atoms with E-state index in [1.54, 1.807) is 25.1 Å². The molecule has 0 spiro atoms. The van der Waals surface area contributed by atoms with Crippen molar-refractivity contribution < 1.29 is 28.4 Å². The lowest BCUT2D eigenvalue weighted by atomic mass is 10.0. The molecule has 1 fully saturated rings. The smallest absolute Gasteiger partial charge is 0.267 e. The summed E-state index contributed by atoms with van der Waals surface area (Å²) in [5.74, 6) is -2.82. The molecule has 2 aliphatic heterocycles. The molecule has 4 heterocycles. The first-order valence-corrected chi connectivity index (χ1v) is 15.1. The summed E-state index contributed by atoms with van der Waals surface area (Å²) < 4.78 is 15.1. The molecule has 234 valence electrons. The number of aromatic nitrogens is 3. The number of carbonyl (C=O) groups is 5. The Hall–Kier alpha value is -5.28. The molecule has 2 aromatic carbocycles. The van der Waals surface area contributed by atoms with E-state index in [-0.39, 0.29) is 42.0 Å². The van der Waals surface area contributed by atoms with Crippen LogP contribution in [0.2, 0.25) is 5.02 Å². The molecule has 16 heteroatoms. The third-order valence-corrected chi connectivity index (χ3v) is 8.56. The van der Waals surface area contributed by atoms with Crippen molar-refractivity contribution in [3.8, 4) is 0 Å². The largest absolute Gasteiger partial charge is 0.366 e. The highest BCUT2D eigenvalue weighted by Crippen LogP contribution is 2.31. The van der Waals surface area contributed by atoms with E-state index < -0.39 is 35.5 Å². The molecule has 1 atom stereocenters. The van der Waals surface area contributed by atoms with Gasteiger partial charge in [0.15, 0.2) is 5.13 Å². The summed E-state index contributed by atoms with van der Waals surface area (Å²) in [5.41, 5.74) is 1.22. The van der Waals surface area contributed by atoms with Crippen molar-refractivity contribution in [2.24, 2.45) is 0 Å². The van der Waals surface area contributed by atoms with Gasteiger partial charge in [0.25, 0.3) is 17.7 Å². The Balaban J connectivity index is 1.14. The molecule has 5 amide bonds. The molecule has 2 aromatic heterocycles. The van der Waals surface area contributed by atoms with E-state index in [2.05, 4.69) is 36.2 Å². The maximum Gasteiger partial charge on any atom is 0.267 e. The minimum atomic E-state index is -1.15. The second kappa shape index (κ2) is 12.3. The van der Waals surface area contributed by atoms with Crippen LogP contribution in [-0.2, 0) is 16.1 Å². The van der Waals surface area contributed by atoms with E-state index in [1.165, 1.54) is 12.3 Å². The summed E-state index contributed by atoms with van der Waals surface area (Å²) in [7, 11) is 0. The molecule has 1 unspecified atom stereocenters. The van der Waals surface area contributed by atoms with Gasteiger partial charge in [-0.25, -0.2) is 19.3 Å². The van der Waals surface area contributed by atoms with Gasteiger partial charge in [-0.1, -0.05) is 35.1 Å². The quantitative estimate of drug-likeness (QED) is 0.199. The molecule has 13 nitrogen and oxygen atoms in total. The molecule has 46 heavy (non-hydrogen) atoms. The minimum absolute atomic E-state index is 0.00573. The maximum atomic E-state index is 15.1. The average Bonchev–Trinajstić information content (AvgIpc) is 3.56. The predicted molar refractivity (Wildman–Crippen MR) is 167 cm³/mol. The van der Waals surface area contributed by atoms with Crippen LogP contribution < -0.4 is 21.3 Å². The third kappa shape index (κ3) is 6.01. The molecule has 4 aromatic rings. The van der Waals surface area contributed by atoms with Crippen LogP contribution in [0.15, 0.2) is 42.6 Å². The Morgan fingerprint density at radius 3 is 2.57 bits per heavy atom. The normalized spacial score (nSPS) is 15.9. The summed E-state index contributed by atoms with van der Waals surface area (Å²) in [6, 6.07) is 7.96. The SMILES string of the molecule is Cc1nc(NCc2cc3c(cc2F)C(=O)N(C2CCC(=O)NC2=O)C3=O)cc(Nc2ncc(C(=O)Nc3c(C)cccc3Cl)s2)n1. The second-order valence-corrected chi connectivity index (χ2v) is 12.0. The number of piperidine rings is 1. The van der Waals surface area contributed by atoms with Crippen molar-refractivity contribution in [1.29, 1.82) is 0 Å². The fraction of sp³-hybridized carbons (Fsp3) is 0.200. The number of nitrogens with zero attached hydrogens (tertiary/aromatic N) is 4. The van der Waals surface area contributed by atoms with E-state index >= 15 is 4.39 Å². The van der Waals surface area contributed by atoms with Gasteiger partial charge in [0.1, 0.15) is 34.2 Å². The molecule has 0 aliphatic carbocycles. The van der Waals surface area contributed by atoms with Gasteiger partial charge in [0.2, 0.25) is 11.8 Å². The minimum Gasteiger partial charge on any atom is -0.366 e. The van der Waals surface area contributed by atoms with Crippen LogP contribution in [0.1, 0.15) is 60.2 Å². The zero-order valence-corrected chi connectivity index (χ0v) is 25.8. The van der Waals surface area contributed by atoms with Gasteiger partial charge < -0.3 is 16.0 Å². The Labute approximate surface area is 269 Å². The number of aryl methyl sites for hydroxylation is 2. The standard InChI is InChI=1S/C30H24ClFN8O5S/c1-13-4-3-5-18(31)25(13)39-27(43)21-12-34-30(46-21)37-23-10-22(35-14(2)36-23)33-11-15-8-16-17(9-19(15)32)29(45)40(28(16)44)20-6-7-24(41)38-26(20)42/h3-5,8-10,12,20H,6-7,11H2,1-2H3,(H,39,43)(H,38,41,42)(H2,33,34,35,36,37). The zero-order valence-electron chi connectivity index (χ0n) is 24.2. The number of carbonyl (C=O) groups excluding carboxylic acids is 5. The lowest BCUT2D eigenvalue weighted by Crippen LogP contribution is -2.54. The Morgan fingerprint density at radius 1 is 1.09 bits per heavy atom. The fourth-order valence-electron chi connectivity index (χ4n) is 5.09. The number of fused-ring (bicyclic) bond motifs is 1. The highest BCUT2D eigenvalue weighted by Gasteiger charge is 2.45. The van der Waals surface area contributed by atoms with E-state index in [1.807, 2.05) is 13.0 Å². The average molecular weight is 663 g/mol. The van der Waals surface area contributed by atoms with Crippen LogP contribution in [0.5, 0.6) is 0 Å². The number of imide groups is 2. The van der Waals surface area contributed by atoms with Gasteiger partial charge in [-0.3, -0.25) is 34.2 Å². The lowest BCUT2D eigenvalue weighted by molar-refractivity contribution is -0.136. The highest BCUT2D eigenvalue weighted by atomic mass is 35.5. The third-order valence-electron chi connectivity index (χ3n) is 7.33. The number of benzene rings is 2. The second-order valence-electron chi connectivity index (χ2n) is 10.5. The summed E-state index contributed by atoms with van der Waals surface area (Å²) in [4.78, 5) is 76.8. The van der Waals surface area contributed by atoms with Crippen LogP contribution in [0.4, 0.5) is 26.8 Å². The molecule has 4 N–H and O–H groups in total. The lowest BCUT2D eigenvalue weighted by Gasteiger charge is -2.27. The van der Waals surface area contributed by atoms with Crippen LogP contribution in [-0.4, -0.2) is 55.4 Å². The van der Waals surface area contributed by atoms with Crippen molar-refractivity contribution in [1.82, 2.24) is 25.2 Å². The molecule has 6 rings (SSSR count). The first-order valence-electron chi connectivity index (χ1n) is 13.9. The van der Waals surface area contributed by atoms with Crippen molar-refractivity contribution in [3.63, 3.8) is 0 Å². The number of thiazole rings is 1. The number of amides is 5. The van der Waals surface area contributed by atoms with E-state index in [0.29, 0.717) is 38.2 Å². The summed E-state index contributed by atoms with van der Waals surface area (Å²) >= 11 is 7.32. The monoisotopic (exact) mass is 662 g/mol. The van der Waals surface area contributed by atoms with Crippen LogP contribution in [0, 0.1) is 19.7 Å². The van der Waals surface area contributed by atoms with Crippen LogP contribution in [0.25, 0.3) is 0 Å². The van der Waals surface area contributed by atoms with Gasteiger partial charge in [0.05, 0.1) is 28.0 Å². The summed E-state index contributed by atoms with van der Waals surface area (Å²) in [6.45, 7) is 3.39. The van der Waals surface area contributed by atoms with Crippen molar-refractivity contribution >= 4 is 74.9 Å². The topological polar surface area (TPSA) is 175 Å². The Bertz CT molecular complexity index is 1950. The first-order chi connectivity index (χ1) is 22.0. The number of hydrogen-bond donors (Lipinski definition) is 4. The van der Waals surface area contributed by atoms with Gasteiger partial charge in [-0.2, -0.15) is 0 Å². The van der Waals surface area contributed by atoms with Gasteiger partial charge in [-0.05, 0) is 44.0 Å². The molecule has 0 radical (unpaired) electrons. The summed E-state index contributed by atoms with van der Waals surface area (Å²) in [5, 5.41) is 11.8. The molecular weight excluding hydrogens is 639 g/mol. The molecule has 0 bridgehead atoms. The predicted octanol–water partition coefficient (Wildman–Crippen LogP) is 4.35. The summed E-state index contributed by atoms with van der Waals surface area (Å²) in [6.07, 6.45) is 1.39. The molecule has 0 saturated carbocycles. The Morgan fingerprint density at radius 2 is 1.83 bits per heavy atom. The van der Waals surface area contributed by atoms with Crippen LogP contribution >= 0.6 is 22.9 Å². The van der Waals surface area contributed by atoms with Crippen molar-refractivity contribution in [3.05, 3.63) is 86.4 Å². The fourth-order valence-corrected chi connectivity index (χ4v) is 6.08. The number of halogens is 2. The van der Waals surface area contributed by atoms with Crippen LogP contribution in [0.3, 0.4) is 0 Å². The van der Waals surface area contributed by atoms with Crippen molar-refractivity contribution in [2.45, 2.75) is 39.3 Å². The molecular formula is C30H24ClFN8O5S. The van der Waals surface area contributed by atoms with Gasteiger partial charge in [-0.15, -0.1) is 0 Å². The molecule has 2 aliphatic rings. The zero-order chi connectivity index (χ0) is 32.7.